The Morgan fingerprint density at radius 2 is 1.96 bits per heavy atom. The molecule has 0 bridgehead atoms. The van der Waals surface area contributed by atoms with Gasteiger partial charge in [0.25, 0.3) is 10.0 Å². The average molecular weight is 383 g/mol. The van der Waals surface area contributed by atoms with Crippen LogP contribution >= 0.6 is 11.6 Å². The van der Waals surface area contributed by atoms with Gasteiger partial charge in [-0.2, -0.15) is 0 Å². The molecule has 8 heteroatoms. The third-order valence-electron chi connectivity index (χ3n) is 4.01. The molecule has 0 aromatic heterocycles. The lowest BCUT2D eigenvalue weighted by molar-refractivity contribution is -0.117. The van der Waals surface area contributed by atoms with E-state index in [1.165, 1.54) is 0 Å². The van der Waals surface area contributed by atoms with Crippen LogP contribution in [-0.4, -0.2) is 20.9 Å². The summed E-state index contributed by atoms with van der Waals surface area (Å²) < 4.78 is 40.5. The molecule has 1 saturated heterocycles. The van der Waals surface area contributed by atoms with Gasteiger partial charge in [0.2, 0.25) is 5.91 Å². The van der Waals surface area contributed by atoms with Crippen molar-refractivity contribution in [3.63, 3.8) is 0 Å². The Labute approximate surface area is 150 Å². The lowest BCUT2D eigenvalue weighted by atomic mass is 10.1. The summed E-state index contributed by atoms with van der Waals surface area (Å²) in [5, 5.41) is -0.262. The molecule has 1 aliphatic heterocycles. The first-order chi connectivity index (χ1) is 11.8. The van der Waals surface area contributed by atoms with Gasteiger partial charge in [0, 0.05) is 24.3 Å². The van der Waals surface area contributed by atoms with Crippen molar-refractivity contribution in [1.29, 1.82) is 0 Å². The van der Waals surface area contributed by atoms with Crippen LogP contribution in [0.25, 0.3) is 0 Å². The van der Waals surface area contributed by atoms with Crippen LogP contribution in [-0.2, 0) is 14.8 Å². The highest BCUT2D eigenvalue weighted by atomic mass is 35.5. The molecule has 1 fully saturated rings. The average Bonchev–Trinajstić information content (AvgIpc) is 2.95. The van der Waals surface area contributed by atoms with Crippen LogP contribution in [0.1, 0.15) is 18.4 Å². The van der Waals surface area contributed by atoms with Crippen molar-refractivity contribution in [3.8, 4) is 0 Å². The Bertz CT molecular complexity index is 947. The maximum absolute atomic E-state index is 13.2. The third-order valence-corrected chi connectivity index (χ3v) is 5.68. The lowest BCUT2D eigenvalue weighted by Gasteiger charge is -2.19. The van der Waals surface area contributed by atoms with Gasteiger partial charge in [0.05, 0.1) is 9.92 Å². The van der Waals surface area contributed by atoms with E-state index in [0.717, 1.165) is 35.9 Å². The first-order valence-corrected chi connectivity index (χ1v) is 9.53. The van der Waals surface area contributed by atoms with Crippen LogP contribution in [0.3, 0.4) is 0 Å². The number of amides is 1. The third kappa shape index (κ3) is 3.62. The number of aryl methyl sites for hydroxylation is 1. The van der Waals surface area contributed by atoms with E-state index in [1.54, 1.807) is 23.1 Å². The normalized spacial score (nSPS) is 14.8. The molecule has 132 valence electrons. The predicted molar refractivity (Wildman–Crippen MR) is 95.0 cm³/mol. The minimum absolute atomic E-state index is 0.0670. The van der Waals surface area contributed by atoms with Crippen molar-refractivity contribution in [2.24, 2.45) is 0 Å². The van der Waals surface area contributed by atoms with Crippen molar-refractivity contribution in [3.05, 3.63) is 52.8 Å². The Morgan fingerprint density at radius 1 is 1.20 bits per heavy atom. The van der Waals surface area contributed by atoms with Gasteiger partial charge in [0.15, 0.2) is 0 Å². The van der Waals surface area contributed by atoms with Gasteiger partial charge in [-0.05, 0) is 55.3 Å². The minimum atomic E-state index is -3.89. The van der Waals surface area contributed by atoms with E-state index in [-0.39, 0.29) is 15.8 Å². The number of halogens is 2. The summed E-state index contributed by atoms with van der Waals surface area (Å²) in [6, 6.07) is 8.18. The van der Waals surface area contributed by atoms with Crippen LogP contribution in [0.4, 0.5) is 15.8 Å². The standard InChI is InChI=1S/C17H16ClFN2O3S/c1-11-9-12(4-7-16(11)21-8-2-3-17(21)22)20-25(23,24)13-5-6-15(19)14(18)10-13/h4-7,9-10,20H,2-3,8H2,1H3. The Kier molecular flexibility index (Phi) is 4.71. The van der Waals surface area contributed by atoms with Crippen LogP contribution in [0.5, 0.6) is 0 Å². The van der Waals surface area contributed by atoms with Crippen molar-refractivity contribution in [1.82, 2.24) is 0 Å². The number of sulfonamides is 1. The molecule has 0 saturated carbocycles. The van der Waals surface area contributed by atoms with Gasteiger partial charge in [-0.1, -0.05) is 11.6 Å². The second-order valence-electron chi connectivity index (χ2n) is 5.83. The fraction of sp³-hybridized carbons (Fsp3) is 0.235. The monoisotopic (exact) mass is 382 g/mol. The molecule has 2 aromatic rings. The van der Waals surface area contributed by atoms with E-state index in [4.69, 9.17) is 11.6 Å². The molecule has 0 aliphatic carbocycles. The van der Waals surface area contributed by atoms with Crippen molar-refractivity contribution < 1.29 is 17.6 Å². The zero-order chi connectivity index (χ0) is 18.2. The molecular weight excluding hydrogens is 367 g/mol. The molecule has 0 radical (unpaired) electrons. The molecule has 1 N–H and O–H groups in total. The SMILES string of the molecule is Cc1cc(NS(=O)(=O)c2ccc(F)c(Cl)c2)ccc1N1CCCC1=O. The van der Waals surface area contributed by atoms with Gasteiger partial charge in [-0.3, -0.25) is 9.52 Å². The summed E-state index contributed by atoms with van der Waals surface area (Å²) in [7, 11) is -3.89. The molecule has 3 rings (SSSR count). The first-order valence-electron chi connectivity index (χ1n) is 7.67. The van der Waals surface area contributed by atoms with E-state index >= 15 is 0 Å². The summed E-state index contributed by atoms with van der Waals surface area (Å²) in [5.41, 5.74) is 1.91. The number of anilines is 2. The number of hydrogen-bond donors (Lipinski definition) is 1. The molecule has 2 aromatic carbocycles. The molecule has 5 nitrogen and oxygen atoms in total. The molecular formula is C17H16ClFN2O3S. The molecule has 0 atom stereocenters. The highest BCUT2D eigenvalue weighted by Gasteiger charge is 2.23. The summed E-state index contributed by atoms with van der Waals surface area (Å²) >= 11 is 5.65. The molecule has 1 aliphatic rings. The van der Waals surface area contributed by atoms with Crippen LogP contribution in [0.2, 0.25) is 5.02 Å². The maximum Gasteiger partial charge on any atom is 0.261 e. The fourth-order valence-corrected chi connectivity index (χ4v) is 4.10. The second-order valence-corrected chi connectivity index (χ2v) is 7.92. The van der Waals surface area contributed by atoms with Gasteiger partial charge < -0.3 is 4.90 Å². The fourth-order valence-electron chi connectivity index (χ4n) is 2.78. The Hall–Kier alpha value is -2.12. The lowest BCUT2D eigenvalue weighted by Crippen LogP contribution is -2.24. The summed E-state index contributed by atoms with van der Waals surface area (Å²) in [4.78, 5) is 13.4. The highest BCUT2D eigenvalue weighted by molar-refractivity contribution is 7.92. The number of carbonyl (C=O) groups is 1. The summed E-state index contributed by atoms with van der Waals surface area (Å²) in [6.45, 7) is 2.48. The van der Waals surface area contributed by atoms with Gasteiger partial charge >= 0.3 is 0 Å². The minimum Gasteiger partial charge on any atom is -0.312 e. The van der Waals surface area contributed by atoms with Crippen LogP contribution < -0.4 is 9.62 Å². The van der Waals surface area contributed by atoms with Crippen molar-refractivity contribution in [2.45, 2.75) is 24.7 Å². The zero-order valence-electron chi connectivity index (χ0n) is 13.4. The topological polar surface area (TPSA) is 66.5 Å². The zero-order valence-corrected chi connectivity index (χ0v) is 15.0. The number of benzene rings is 2. The number of carbonyl (C=O) groups excluding carboxylic acids is 1. The summed E-state index contributed by atoms with van der Waals surface area (Å²) in [6.07, 6.45) is 1.34. The number of nitrogens with one attached hydrogen (secondary N) is 1. The van der Waals surface area contributed by atoms with Gasteiger partial charge in [0.1, 0.15) is 5.82 Å². The number of rotatable bonds is 4. The Balaban J connectivity index is 1.86. The van der Waals surface area contributed by atoms with Crippen LogP contribution in [0, 0.1) is 12.7 Å². The molecule has 0 unspecified atom stereocenters. The van der Waals surface area contributed by atoms with E-state index in [9.17, 15) is 17.6 Å². The van der Waals surface area contributed by atoms with E-state index < -0.39 is 15.8 Å². The maximum atomic E-state index is 13.2. The summed E-state index contributed by atoms with van der Waals surface area (Å²) in [5.74, 6) is -0.617. The molecule has 1 heterocycles. The van der Waals surface area contributed by atoms with E-state index in [0.29, 0.717) is 18.7 Å². The Morgan fingerprint density at radius 3 is 2.56 bits per heavy atom. The molecule has 1 amide bonds. The van der Waals surface area contributed by atoms with Crippen LogP contribution in [0.15, 0.2) is 41.3 Å². The quantitative estimate of drug-likeness (QED) is 0.876. The largest absolute Gasteiger partial charge is 0.312 e. The smallest absolute Gasteiger partial charge is 0.261 e. The number of hydrogen-bond acceptors (Lipinski definition) is 3. The molecule has 0 spiro atoms. The number of nitrogens with zero attached hydrogens (tertiary/aromatic N) is 1. The van der Waals surface area contributed by atoms with Crippen molar-refractivity contribution in [2.75, 3.05) is 16.2 Å². The van der Waals surface area contributed by atoms with Crippen molar-refractivity contribution >= 4 is 38.9 Å². The predicted octanol–water partition coefficient (Wildman–Crippen LogP) is 3.72. The van der Waals surface area contributed by atoms with E-state index in [2.05, 4.69) is 4.72 Å². The first kappa shape index (κ1) is 17.7. The van der Waals surface area contributed by atoms with Gasteiger partial charge in [-0.15, -0.1) is 0 Å². The van der Waals surface area contributed by atoms with E-state index in [1.807, 2.05) is 6.92 Å². The second kappa shape index (κ2) is 6.65. The molecule has 25 heavy (non-hydrogen) atoms. The van der Waals surface area contributed by atoms with Gasteiger partial charge in [-0.25, -0.2) is 12.8 Å². The highest BCUT2D eigenvalue weighted by Crippen LogP contribution is 2.29.